The number of nitrogens with two attached hydrogens (primary N) is 1. The van der Waals surface area contributed by atoms with Crippen molar-refractivity contribution in [1.82, 2.24) is 10.7 Å². The van der Waals surface area contributed by atoms with E-state index in [1.165, 1.54) is 24.5 Å². The second-order valence-electron chi connectivity index (χ2n) is 7.07. The van der Waals surface area contributed by atoms with E-state index in [0.717, 1.165) is 17.7 Å². The third-order valence-corrected chi connectivity index (χ3v) is 4.69. The summed E-state index contributed by atoms with van der Waals surface area (Å²) in [6.07, 6.45) is -2.01. The lowest BCUT2D eigenvalue weighted by atomic mass is 10.1. The lowest BCUT2D eigenvalue weighted by molar-refractivity contribution is -0.274. The van der Waals surface area contributed by atoms with Crippen molar-refractivity contribution in [1.29, 1.82) is 0 Å². The summed E-state index contributed by atoms with van der Waals surface area (Å²) >= 11 is 5.12. The summed E-state index contributed by atoms with van der Waals surface area (Å²) in [4.78, 5) is 8.06. The Morgan fingerprint density at radius 2 is 1.69 bits per heavy atom. The first-order valence-electron chi connectivity index (χ1n) is 10.3. The van der Waals surface area contributed by atoms with Gasteiger partial charge in [-0.15, -0.1) is 13.2 Å². The van der Waals surface area contributed by atoms with Gasteiger partial charge in [-0.25, -0.2) is 14.4 Å². The van der Waals surface area contributed by atoms with Crippen LogP contribution in [0.4, 0.5) is 23.2 Å². The SMILES string of the molecule is NC(=NC=Nc1ccc(OC(F)(F)F)cc1)c1ccc(/C=N\NC(=S)NCc2ccccc2F)cc1. The van der Waals surface area contributed by atoms with Gasteiger partial charge in [0.2, 0.25) is 0 Å². The number of hydrazone groups is 1. The van der Waals surface area contributed by atoms with Crippen LogP contribution < -0.4 is 21.2 Å². The van der Waals surface area contributed by atoms with E-state index in [0.29, 0.717) is 16.8 Å². The molecule has 36 heavy (non-hydrogen) atoms. The number of nitrogens with zero attached hydrogens (tertiary/aromatic N) is 3. The van der Waals surface area contributed by atoms with Gasteiger partial charge in [-0.2, -0.15) is 5.10 Å². The molecule has 0 unspecified atom stereocenters. The molecule has 12 heteroatoms. The minimum atomic E-state index is -4.75. The van der Waals surface area contributed by atoms with Crippen molar-refractivity contribution in [3.05, 3.63) is 95.3 Å². The van der Waals surface area contributed by atoms with Crippen LogP contribution in [0.25, 0.3) is 0 Å². The van der Waals surface area contributed by atoms with Crippen LogP contribution in [-0.4, -0.2) is 29.9 Å². The van der Waals surface area contributed by atoms with E-state index < -0.39 is 6.36 Å². The third-order valence-electron chi connectivity index (χ3n) is 4.46. The fourth-order valence-electron chi connectivity index (χ4n) is 2.73. The second kappa shape index (κ2) is 12.4. The molecular weight excluding hydrogens is 496 g/mol. The first-order chi connectivity index (χ1) is 17.2. The van der Waals surface area contributed by atoms with Gasteiger partial charge in [-0.3, -0.25) is 5.43 Å². The molecule has 0 bridgehead atoms. The summed E-state index contributed by atoms with van der Waals surface area (Å²) in [6.45, 7) is 0.225. The number of hydrogen-bond donors (Lipinski definition) is 3. The third kappa shape index (κ3) is 8.80. The molecule has 0 amide bonds. The first kappa shape index (κ1) is 26.3. The smallest absolute Gasteiger partial charge is 0.406 e. The molecule has 4 N–H and O–H groups in total. The zero-order valence-electron chi connectivity index (χ0n) is 18.5. The molecule has 0 saturated heterocycles. The highest BCUT2D eigenvalue weighted by atomic mass is 32.1. The molecule has 0 radical (unpaired) electrons. The first-order valence-corrected chi connectivity index (χ1v) is 10.7. The predicted molar refractivity (Wildman–Crippen MR) is 135 cm³/mol. The number of hydrogen-bond acceptors (Lipinski definition) is 4. The zero-order chi connectivity index (χ0) is 26.0. The summed E-state index contributed by atoms with van der Waals surface area (Å²) in [5, 5.41) is 7.14. The molecule has 0 saturated carbocycles. The Balaban J connectivity index is 1.48. The molecule has 186 valence electrons. The van der Waals surface area contributed by atoms with Gasteiger partial charge in [-0.1, -0.05) is 42.5 Å². The van der Waals surface area contributed by atoms with Gasteiger partial charge in [0.15, 0.2) is 5.11 Å². The Labute approximate surface area is 209 Å². The van der Waals surface area contributed by atoms with Gasteiger partial charge >= 0.3 is 6.36 Å². The van der Waals surface area contributed by atoms with Crippen LogP contribution in [0.2, 0.25) is 0 Å². The Kier molecular flexibility index (Phi) is 9.06. The van der Waals surface area contributed by atoms with Crippen LogP contribution in [-0.2, 0) is 6.54 Å². The minimum absolute atomic E-state index is 0.191. The molecule has 0 aliphatic rings. The van der Waals surface area contributed by atoms with E-state index in [-0.39, 0.29) is 29.1 Å². The topological polar surface area (TPSA) is 96.4 Å². The molecule has 0 aromatic heterocycles. The molecule has 0 fully saturated rings. The Morgan fingerprint density at radius 3 is 2.36 bits per heavy atom. The van der Waals surface area contributed by atoms with Crippen molar-refractivity contribution >= 4 is 41.4 Å². The minimum Gasteiger partial charge on any atom is -0.406 e. The number of alkyl halides is 3. The van der Waals surface area contributed by atoms with Crippen LogP contribution in [0.5, 0.6) is 5.75 Å². The zero-order valence-corrected chi connectivity index (χ0v) is 19.4. The van der Waals surface area contributed by atoms with Crippen LogP contribution in [0.1, 0.15) is 16.7 Å². The summed E-state index contributed by atoms with van der Waals surface area (Å²) in [6, 6.07) is 18.4. The fraction of sp³-hybridized carbons (Fsp3) is 0.0833. The van der Waals surface area contributed by atoms with Gasteiger partial charge in [0.1, 0.15) is 23.7 Å². The van der Waals surface area contributed by atoms with Crippen molar-refractivity contribution < 1.29 is 22.3 Å². The van der Waals surface area contributed by atoms with Crippen LogP contribution in [0, 0.1) is 5.82 Å². The van der Waals surface area contributed by atoms with E-state index in [2.05, 4.69) is 30.6 Å². The van der Waals surface area contributed by atoms with Gasteiger partial charge in [0.25, 0.3) is 0 Å². The van der Waals surface area contributed by atoms with Gasteiger partial charge in [0.05, 0.1) is 11.9 Å². The van der Waals surface area contributed by atoms with Crippen molar-refractivity contribution in [3.63, 3.8) is 0 Å². The molecule has 7 nitrogen and oxygen atoms in total. The Bertz CT molecular complexity index is 1260. The van der Waals surface area contributed by atoms with Crippen molar-refractivity contribution in [2.75, 3.05) is 0 Å². The number of halogens is 4. The highest BCUT2D eigenvalue weighted by Crippen LogP contribution is 2.24. The highest BCUT2D eigenvalue weighted by Gasteiger charge is 2.30. The second-order valence-corrected chi connectivity index (χ2v) is 7.47. The van der Waals surface area contributed by atoms with Crippen molar-refractivity contribution in [3.8, 4) is 5.75 Å². The molecule has 0 aliphatic carbocycles. The monoisotopic (exact) mass is 516 g/mol. The molecule has 3 aromatic carbocycles. The number of aliphatic imine (C=N–C) groups is 2. The average molecular weight is 517 g/mol. The highest BCUT2D eigenvalue weighted by molar-refractivity contribution is 7.80. The number of nitrogens with one attached hydrogen (secondary N) is 2. The molecule has 0 spiro atoms. The molecule has 3 aromatic rings. The molecule has 0 atom stereocenters. The molecular formula is C24H20F4N6OS. The largest absolute Gasteiger partial charge is 0.573 e. The van der Waals surface area contributed by atoms with Gasteiger partial charge < -0.3 is 15.8 Å². The van der Waals surface area contributed by atoms with E-state index in [9.17, 15) is 17.6 Å². The summed E-state index contributed by atoms with van der Waals surface area (Å²) in [5.41, 5.74) is 10.8. The van der Waals surface area contributed by atoms with Crippen molar-refractivity contribution in [2.45, 2.75) is 12.9 Å². The number of thiocarbonyl (C=S) groups is 1. The maximum Gasteiger partial charge on any atom is 0.573 e. The fourth-order valence-corrected chi connectivity index (χ4v) is 2.85. The number of rotatable bonds is 8. The number of amidine groups is 1. The quantitative estimate of drug-likeness (QED) is 0.132. The van der Waals surface area contributed by atoms with Gasteiger partial charge in [0, 0.05) is 17.7 Å². The van der Waals surface area contributed by atoms with E-state index in [4.69, 9.17) is 18.0 Å². The lowest BCUT2D eigenvalue weighted by Gasteiger charge is -2.08. The maximum absolute atomic E-state index is 13.6. The van der Waals surface area contributed by atoms with E-state index >= 15 is 0 Å². The lowest BCUT2D eigenvalue weighted by Crippen LogP contribution is -2.31. The summed E-state index contributed by atoms with van der Waals surface area (Å²) in [5.74, 6) is -0.473. The standard InChI is InChI=1S/C24H20F4N6OS/c25-21-4-2-1-3-18(21)14-30-23(36)34-33-13-16-5-7-17(8-6-16)22(29)32-15-31-19-9-11-20(12-10-19)35-24(26,27)28/h1-13,15H,14H2,(H2,29,31,32)(H2,30,34,36)/b33-13-. The molecule has 3 rings (SSSR count). The molecule has 0 heterocycles. The summed E-state index contributed by atoms with van der Waals surface area (Å²) in [7, 11) is 0. The molecule has 0 aliphatic heterocycles. The maximum atomic E-state index is 13.6. The van der Waals surface area contributed by atoms with Crippen LogP contribution >= 0.6 is 12.2 Å². The van der Waals surface area contributed by atoms with E-state index in [1.54, 1.807) is 48.7 Å². The Morgan fingerprint density at radius 1 is 1.00 bits per heavy atom. The van der Waals surface area contributed by atoms with Crippen LogP contribution in [0.3, 0.4) is 0 Å². The normalized spacial score (nSPS) is 12.2. The number of benzene rings is 3. The summed E-state index contributed by atoms with van der Waals surface area (Å²) < 4.78 is 54.0. The predicted octanol–water partition coefficient (Wildman–Crippen LogP) is 4.79. The van der Waals surface area contributed by atoms with Crippen molar-refractivity contribution in [2.24, 2.45) is 20.8 Å². The Hall–Kier alpha value is -4.32. The van der Waals surface area contributed by atoms with E-state index in [1.807, 2.05) is 0 Å². The average Bonchev–Trinajstić information content (AvgIpc) is 2.84. The van der Waals surface area contributed by atoms with Gasteiger partial charge in [-0.05, 0) is 48.1 Å². The number of ether oxygens (including phenoxy) is 1. The van der Waals surface area contributed by atoms with Crippen LogP contribution in [0.15, 0.2) is 87.9 Å².